The fraction of sp³-hybridized carbons (Fsp3) is 0.357. The molecule has 2 rings (SSSR count). The van der Waals surface area contributed by atoms with Crippen LogP contribution in [0.25, 0.3) is 0 Å². The maximum atomic E-state index is 4.34. The topological polar surface area (TPSA) is 29.9 Å². The Labute approximate surface area is 103 Å². The molecule has 3 heteroatoms. The first kappa shape index (κ1) is 11.9. The van der Waals surface area contributed by atoms with E-state index in [0.717, 1.165) is 18.8 Å². The average Bonchev–Trinajstić information content (AvgIpc) is 2.64. The standard InChI is InChI=1S/C14H19N3/c1-11-12(2)17(10-16-11)9-14-7-5-4-6-13(14)8-15-3/h4-7,10,15H,8-9H2,1-3H3. The van der Waals surface area contributed by atoms with E-state index in [2.05, 4.69) is 46.1 Å². The van der Waals surface area contributed by atoms with Crippen molar-refractivity contribution in [1.82, 2.24) is 14.9 Å². The zero-order chi connectivity index (χ0) is 12.3. The minimum Gasteiger partial charge on any atom is -0.330 e. The summed E-state index contributed by atoms with van der Waals surface area (Å²) in [5, 5.41) is 3.21. The molecule has 0 saturated carbocycles. The third-order valence-electron chi connectivity index (χ3n) is 3.17. The van der Waals surface area contributed by atoms with E-state index < -0.39 is 0 Å². The highest BCUT2D eigenvalue weighted by Crippen LogP contribution is 2.13. The largest absolute Gasteiger partial charge is 0.330 e. The highest BCUT2D eigenvalue weighted by atomic mass is 15.0. The molecule has 0 atom stereocenters. The van der Waals surface area contributed by atoms with Gasteiger partial charge in [0.25, 0.3) is 0 Å². The summed E-state index contributed by atoms with van der Waals surface area (Å²) in [5.41, 5.74) is 5.04. The van der Waals surface area contributed by atoms with Gasteiger partial charge in [0.05, 0.1) is 12.0 Å². The SMILES string of the molecule is CNCc1ccccc1Cn1cnc(C)c1C. The molecule has 0 radical (unpaired) electrons. The quantitative estimate of drug-likeness (QED) is 0.871. The summed E-state index contributed by atoms with van der Waals surface area (Å²) in [6.07, 6.45) is 1.92. The number of nitrogens with zero attached hydrogens (tertiary/aromatic N) is 2. The number of aromatic nitrogens is 2. The Morgan fingerprint density at radius 3 is 2.47 bits per heavy atom. The Morgan fingerprint density at radius 1 is 1.18 bits per heavy atom. The Bertz CT molecular complexity index is 500. The second kappa shape index (κ2) is 5.15. The summed E-state index contributed by atoms with van der Waals surface area (Å²) in [6.45, 7) is 5.96. The summed E-state index contributed by atoms with van der Waals surface area (Å²) < 4.78 is 2.20. The first-order chi connectivity index (χ1) is 8.22. The Hall–Kier alpha value is -1.61. The molecule has 0 saturated heterocycles. The second-order valence-corrected chi connectivity index (χ2v) is 4.34. The van der Waals surface area contributed by atoms with E-state index in [1.165, 1.54) is 16.8 Å². The van der Waals surface area contributed by atoms with E-state index in [9.17, 15) is 0 Å². The average molecular weight is 229 g/mol. The van der Waals surface area contributed by atoms with Gasteiger partial charge in [-0.05, 0) is 32.0 Å². The molecule has 1 aromatic carbocycles. The minimum atomic E-state index is 0.893. The molecular weight excluding hydrogens is 210 g/mol. The molecule has 0 aliphatic heterocycles. The van der Waals surface area contributed by atoms with Crippen molar-refractivity contribution >= 4 is 0 Å². The van der Waals surface area contributed by atoms with E-state index in [-0.39, 0.29) is 0 Å². The maximum absolute atomic E-state index is 4.34. The first-order valence-electron chi connectivity index (χ1n) is 5.92. The number of hydrogen-bond acceptors (Lipinski definition) is 2. The van der Waals surface area contributed by atoms with E-state index in [1.54, 1.807) is 0 Å². The van der Waals surface area contributed by atoms with Gasteiger partial charge in [-0.15, -0.1) is 0 Å². The fourth-order valence-electron chi connectivity index (χ4n) is 1.96. The van der Waals surface area contributed by atoms with Gasteiger partial charge in [-0.1, -0.05) is 24.3 Å². The van der Waals surface area contributed by atoms with Crippen molar-refractivity contribution in [3.63, 3.8) is 0 Å². The van der Waals surface area contributed by atoms with Gasteiger partial charge in [-0.25, -0.2) is 4.98 Å². The molecule has 0 unspecified atom stereocenters. The zero-order valence-corrected chi connectivity index (χ0v) is 10.7. The smallest absolute Gasteiger partial charge is 0.0954 e. The molecule has 1 heterocycles. The molecule has 17 heavy (non-hydrogen) atoms. The summed E-state index contributed by atoms with van der Waals surface area (Å²) in [7, 11) is 1.98. The van der Waals surface area contributed by atoms with Crippen LogP contribution in [0.2, 0.25) is 0 Å². The van der Waals surface area contributed by atoms with Crippen molar-refractivity contribution in [1.29, 1.82) is 0 Å². The summed E-state index contributed by atoms with van der Waals surface area (Å²) in [4.78, 5) is 4.34. The maximum Gasteiger partial charge on any atom is 0.0954 e. The zero-order valence-electron chi connectivity index (χ0n) is 10.7. The van der Waals surface area contributed by atoms with E-state index >= 15 is 0 Å². The first-order valence-corrected chi connectivity index (χ1v) is 5.92. The normalized spacial score (nSPS) is 10.8. The van der Waals surface area contributed by atoms with Crippen LogP contribution in [-0.4, -0.2) is 16.6 Å². The minimum absolute atomic E-state index is 0.893. The molecule has 0 amide bonds. The molecule has 2 aromatic rings. The molecule has 0 fully saturated rings. The lowest BCUT2D eigenvalue weighted by Gasteiger charge is -2.11. The molecule has 1 aromatic heterocycles. The van der Waals surface area contributed by atoms with Crippen LogP contribution in [-0.2, 0) is 13.1 Å². The number of aryl methyl sites for hydroxylation is 1. The molecule has 90 valence electrons. The van der Waals surface area contributed by atoms with Crippen LogP contribution < -0.4 is 5.32 Å². The number of rotatable bonds is 4. The van der Waals surface area contributed by atoms with Crippen molar-refractivity contribution in [3.05, 3.63) is 53.1 Å². The highest BCUT2D eigenvalue weighted by Gasteiger charge is 2.05. The molecule has 1 N–H and O–H groups in total. The fourth-order valence-corrected chi connectivity index (χ4v) is 1.96. The second-order valence-electron chi connectivity index (χ2n) is 4.34. The van der Waals surface area contributed by atoms with Gasteiger partial charge in [0.1, 0.15) is 0 Å². The Morgan fingerprint density at radius 2 is 1.88 bits per heavy atom. The summed E-state index contributed by atoms with van der Waals surface area (Å²) in [5.74, 6) is 0. The van der Waals surface area contributed by atoms with Gasteiger partial charge >= 0.3 is 0 Å². The molecule has 0 aliphatic carbocycles. The van der Waals surface area contributed by atoms with Crippen LogP contribution in [0.3, 0.4) is 0 Å². The monoisotopic (exact) mass is 229 g/mol. The van der Waals surface area contributed by atoms with Crippen LogP contribution in [0.15, 0.2) is 30.6 Å². The van der Waals surface area contributed by atoms with Crippen LogP contribution in [0.5, 0.6) is 0 Å². The van der Waals surface area contributed by atoms with Gasteiger partial charge in [0, 0.05) is 18.8 Å². The Balaban J connectivity index is 2.26. The summed E-state index contributed by atoms with van der Waals surface area (Å²) >= 11 is 0. The van der Waals surface area contributed by atoms with Gasteiger partial charge in [-0.3, -0.25) is 0 Å². The number of benzene rings is 1. The van der Waals surface area contributed by atoms with Crippen LogP contribution in [0.4, 0.5) is 0 Å². The van der Waals surface area contributed by atoms with E-state index in [1.807, 2.05) is 20.3 Å². The van der Waals surface area contributed by atoms with Crippen molar-refractivity contribution in [2.75, 3.05) is 7.05 Å². The van der Waals surface area contributed by atoms with Crippen molar-refractivity contribution in [2.24, 2.45) is 0 Å². The van der Waals surface area contributed by atoms with Gasteiger partial charge < -0.3 is 9.88 Å². The molecular formula is C14H19N3. The number of imidazole rings is 1. The highest BCUT2D eigenvalue weighted by molar-refractivity contribution is 5.28. The predicted octanol–water partition coefficient (Wildman–Crippen LogP) is 2.27. The third-order valence-corrected chi connectivity index (χ3v) is 3.17. The lowest BCUT2D eigenvalue weighted by molar-refractivity contribution is 0.740. The number of nitrogens with one attached hydrogen (secondary N) is 1. The molecule has 0 aliphatic rings. The predicted molar refractivity (Wildman–Crippen MR) is 70.0 cm³/mol. The summed E-state index contributed by atoms with van der Waals surface area (Å²) in [6, 6.07) is 8.53. The Kier molecular flexibility index (Phi) is 3.59. The van der Waals surface area contributed by atoms with Gasteiger partial charge in [0.2, 0.25) is 0 Å². The van der Waals surface area contributed by atoms with Crippen LogP contribution in [0, 0.1) is 13.8 Å². The van der Waals surface area contributed by atoms with Crippen LogP contribution in [0.1, 0.15) is 22.5 Å². The van der Waals surface area contributed by atoms with Crippen molar-refractivity contribution < 1.29 is 0 Å². The van der Waals surface area contributed by atoms with Crippen LogP contribution >= 0.6 is 0 Å². The lowest BCUT2D eigenvalue weighted by Crippen LogP contribution is -2.10. The van der Waals surface area contributed by atoms with Gasteiger partial charge in [0.15, 0.2) is 0 Å². The van der Waals surface area contributed by atoms with Gasteiger partial charge in [-0.2, -0.15) is 0 Å². The molecule has 3 nitrogen and oxygen atoms in total. The third kappa shape index (κ3) is 2.56. The van der Waals surface area contributed by atoms with E-state index in [4.69, 9.17) is 0 Å². The molecule has 0 spiro atoms. The van der Waals surface area contributed by atoms with E-state index in [0.29, 0.717) is 0 Å². The molecule has 0 bridgehead atoms. The van der Waals surface area contributed by atoms with Crippen molar-refractivity contribution in [3.8, 4) is 0 Å². The lowest BCUT2D eigenvalue weighted by atomic mass is 10.1. The number of hydrogen-bond donors (Lipinski definition) is 1. The van der Waals surface area contributed by atoms with Crippen molar-refractivity contribution in [2.45, 2.75) is 26.9 Å².